The van der Waals surface area contributed by atoms with E-state index in [0.29, 0.717) is 17.3 Å². The molecule has 2 heterocycles. The van der Waals surface area contributed by atoms with Crippen molar-refractivity contribution in [1.29, 1.82) is 0 Å². The molecule has 6 nitrogen and oxygen atoms in total. The standard InChI is InChI=1S/C13H19N5O/c1-4-6-14-12-11(19-3)10(16-9-17-12)13-15-7-8-18(13)5-2/h7-9H,4-6H2,1-3H3,(H,14,16,17). The van der Waals surface area contributed by atoms with Crippen LogP contribution in [0.5, 0.6) is 5.75 Å². The number of anilines is 1. The zero-order chi connectivity index (χ0) is 13.7. The molecule has 0 aliphatic heterocycles. The molecule has 2 aromatic rings. The summed E-state index contributed by atoms with van der Waals surface area (Å²) in [7, 11) is 1.62. The highest BCUT2D eigenvalue weighted by Crippen LogP contribution is 2.31. The SMILES string of the molecule is CCCNc1ncnc(-c2nccn2CC)c1OC. The molecule has 0 saturated carbocycles. The summed E-state index contributed by atoms with van der Waals surface area (Å²) in [6.07, 6.45) is 6.24. The number of hydrogen-bond donors (Lipinski definition) is 1. The highest BCUT2D eigenvalue weighted by atomic mass is 16.5. The van der Waals surface area contributed by atoms with Gasteiger partial charge < -0.3 is 14.6 Å². The molecule has 102 valence electrons. The Morgan fingerprint density at radius 2 is 2.11 bits per heavy atom. The molecule has 2 aromatic heterocycles. The number of methoxy groups -OCH3 is 1. The van der Waals surface area contributed by atoms with Crippen LogP contribution in [0.4, 0.5) is 5.82 Å². The summed E-state index contributed by atoms with van der Waals surface area (Å²) in [4.78, 5) is 12.9. The van der Waals surface area contributed by atoms with E-state index in [0.717, 1.165) is 25.3 Å². The van der Waals surface area contributed by atoms with E-state index in [1.165, 1.54) is 6.33 Å². The van der Waals surface area contributed by atoms with Crippen LogP contribution >= 0.6 is 0 Å². The number of aryl methyl sites for hydroxylation is 1. The molecule has 0 aromatic carbocycles. The zero-order valence-electron chi connectivity index (χ0n) is 11.6. The molecule has 0 atom stereocenters. The predicted molar refractivity (Wildman–Crippen MR) is 74.3 cm³/mol. The van der Waals surface area contributed by atoms with Crippen molar-refractivity contribution in [3.8, 4) is 17.3 Å². The topological polar surface area (TPSA) is 64.9 Å². The van der Waals surface area contributed by atoms with Gasteiger partial charge in [0.05, 0.1) is 7.11 Å². The zero-order valence-corrected chi connectivity index (χ0v) is 11.6. The van der Waals surface area contributed by atoms with E-state index >= 15 is 0 Å². The van der Waals surface area contributed by atoms with Crippen molar-refractivity contribution in [3.63, 3.8) is 0 Å². The molecule has 6 heteroatoms. The van der Waals surface area contributed by atoms with E-state index in [-0.39, 0.29) is 0 Å². The first-order valence-electron chi connectivity index (χ1n) is 6.46. The minimum absolute atomic E-state index is 0.636. The van der Waals surface area contributed by atoms with E-state index in [4.69, 9.17) is 4.74 Å². The van der Waals surface area contributed by atoms with Crippen LogP contribution in [0.3, 0.4) is 0 Å². The highest BCUT2D eigenvalue weighted by Gasteiger charge is 2.17. The van der Waals surface area contributed by atoms with Gasteiger partial charge in [0, 0.05) is 25.5 Å². The van der Waals surface area contributed by atoms with Gasteiger partial charge in [-0.15, -0.1) is 0 Å². The third-order valence-corrected chi connectivity index (χ3v) is 2.82. The second kappa shape index (κ2) is 6.17. The first-order valence-corrected chi connectivity index (χ1v) is 6.46. The fourth-order valence-electron chi connectivity index (χ4n) is 1.88. The average molecular weight is 261 g/mol. The second-order valence-electron chi connectivity index (χ2n) is 4.07. The molecular weight excluding hydrogens is 242 g/mol. The lowest BCUT2D eigenvalue weighted by atomic mass is 10.3. The van der Waals surface area contributed by atoms with Gasteiger partial charge in [0.15, 0.2) is 23.1 Å². The number of aromatic nitrogens is 4. The van der Waals surface area contributed by atoms with Gasteiger partial charge in [0.2, 0.25) is 0 Å². The minimum atomic E-state index is 0.636. The quantitative estimate of drug-likeness (QED) is 0.863. The Bertz CT molecular complexity index is 538. The van der Waals surface area contributed by atoms with E-state index in [9.17, 15) is 0 Å². The van der Waals surface area contributed by atoms with E-state index in [1.807, 2.05) is 10.8 Å². The highest BCUT2D eigenvalue weighted by molar-refractivity contribution is 5.68. The van der Waals surface area contributed by atoms with Gasteiger partial charge in [-0.25, -0.2) is 15.0 Å². The van der Waals surface area contributed by atoms with Crippen molar-refractivity contribution in [2.45, 2.75) is 26.8 Å². The Kier molecular flexibility index (Phi) is 4.33. The first kappa shape index (κ1) is 13.3. The predicted octanol–water partition coefficient (Wildman–Crippen LogP) is 2.19. The number of ether oxygens (including phenoxy) is 1. The van der Waals surface area contributed by atoms with Crippen LogP contribution < -0.4 is 10.1 Å². The Labute approximate surface area is 112 Å². The Morgan fingerprint density at radius 3 is 2.79 bits per heavy atom. The summed E-state index contributed by atoms with van der Waals surface area (Å²) in [5.41, 5.74) is 0.711. The van der Waals surface area contributed by atoms with Crippen LogP contribution in [-0.4, -0.2) is 33.2 Å². The van der Waals surface area contributed by atoms with Crippen LogP contribution in [0.25, 0.3) is 11.5 Å². The van der Waals surface area contributed by atoms with Crippen LogP contribution in [-0.2, 0) is 6.54 Å². The molecule has 0 aliphatic carbocycles. The van der Waals surface area contributed by atoms with Crippen LogP contribution in [0.2, 0.25) is 0 Å². The van der Waals surface area contributed by atoms with Crippen LogP contribution in [0, 0.1) is 0 Å². The molecular formula is C13H19N5O. The van der Waals surface area contributed by atoms with Gasteiger partial charge in [-0.2, -0.15) is 0 Å². The Balaban J connectivity index is 2.45. The molecule has 0 spiro atoms. The molecule has 2 rings (SSSR count). The summed E-state index contributed by atoms with van der Waals surface area (Å²) in [6.45, 7) is 5.84. The van der Waals surface area contributed by atoms with Crippen LogP contribution in [0.15, 0.2) is 18.7 Å². The number of imidazole rings is 1. The van der Waals surface area contributed by atoms with Gasteiger partial charge in [0.1, 0.15) is 6.33 Å². The molecule has 19 heavy (non-hydrogen) atoms. The van der Waals surface area contributed by atoms with Gasteiger partial charge in [-0.05, 0) is 13.3 Å². The van der Waals surface area contributed by atoms with Gasteiger partial charge in [0.25, 0.3) is 0 Å². The number of nitrogens with one attached hydrogen (secondary N) is 1. The summed E-state index contributed by atoms with van der Waals surface area (Å²) in [5.74, 6) is 2.14. The summed E-state index contributed by atoms with van der Waals surface area (Å²) >= 11 is 0. The first-order chi connectivity index (χ1) is 9.31. The summed E-state index contributed by atoms with van der Waals surface area (Å²) in [5, 5.41) is 3.24. The average Bonchev–Trinajstić information content (AvgIpc) is 2.92. The van der Waals surface area contributed by atoms with Crippen LogP contribution in [0.1, 0.15) is 20.3 Å². The van der Waals surface area contributed by atoms with Crippen molar-refractivity contribution in [2.24, 2.45) is 0 Å². The summed E-state index contributed by atoms with van der Waals surface area (Å²) < 4.78 is 7.48. The lowest BCUT2D eigenvalue weighted by molar-refractivity contribution is 0.414. The van der Waals surface area contributed by atoms with Gasteiger partial charge >= 0.3 is 0 Å². The van der Waals surface area contributed by atoms with Crippen molar-refractivity contribution in [2.75, 3.05) is 19.0 Å². The maximum Gasteiger partial charge on any atom is 0.190 e. The van der Waals surface area contributed by atoms with Crippen molar-refractivity contribution < 1.29 is 4.74 Å². The molecule has 0 bridgehead atoms. The van der Waals surface area contributed by atoms with E-state index in [2.05, 4.69) is 34.1 Å². The third kappa shape index (κ3) is 2.67. The summed E-state index contributed by atoms with van der Waals surface area (Å²) in [6, 6.07) is 0. The molecule has 1 N–H and O–H groups in total. The molecule has 0 saturated heterocycles. The van der Waals surface area contributed by atoms with E-state index < -0.39 is 0 Å². The molecule has 0 unspecified atom stereocenters. The minimum Gasteiger partial charge on any atom is -0.491 e. The van der Waals surface area contributed by atoms with Gasteiger partial charge in [-0.3, -0.25) is 0 Å². The van der Waals surface area contributed by atoms with Crippen molar-refractivity contribution >= 4 is 5.82 Å². The molecule has 0 fully saturated rings. The Morgan fingerprint density at radius 1 is 1.26 bits per heavy atom. The van der Waals surface area contributed by atoms with Crippen molar-refractivity contribution in [1.82, 2.24) is 19.5 Å². The maximum atomic E-state index is 5.46. The van der Waals surface area contributed by atoms with Crippen molar-refractivity contribution in [3.05, 3.63) is 18.7 Å². The molecule has 0 amide bonds. The van der Waals surface area contributed by atoms with Gasteiger partial charge in [-0.1, -0.05) is 6.92 Å². The third-order valence-electron chi connectivity index (χ3n) is 2.82. The largest absolute Gasteiger partial charge is 0.491 e. The lowest BCUT2D eigenvalue weighted by Crippen LogP contribution is -2.07. The van der Waals surface area contributed by atoms with E-state index in [1.54, 1.807) is 13.3 Å². The lowest BCUT2D eigenvalue weighted by Gasteiger charge is -2.13. The Hall–Kier alpha value is -2.11. The number of rotatable bonds is 6. The number of nitrogens with zero attached hydrogens (tertiary/aromatic N) is 4. The fourth-order valence-corrected chi connectivity index (χ4v) is 1.88. The second-order valence-corrected chi connectivity index (χ2v) is 4.07. The normalized spacial score (nSPS) is 10.5. The fraction of sp³-hybridized carbons (Fsp3) is 0.462. The monoisotopic (exact) mass is 261 g/mol. The smallest absolute Gasteiger partial charge is 0.190 e. The number of hydrogen-bond acceptors (Lipinski definition) is 5. The maximum absolute atomic E-state index is 5.46. The molecule has 0 aliphatic rings. The molecule has 0 radical (unpaired) electrons.